The van der Waals surface area contributed by atoms with Crippen LogP contribution in [0.3, 0.4) is 0 Å². The van der Waals surface area contributed by atoms with Crippen molar-refractivity contribution in [2.45, 2.75) is 32.2 Å². The molecule has 3 heteroatoms. The van der Waals surface area contributed by atoms with Gasteiger partial charge in [-0.05, 0) is 6.42 Å². The Labute approximate surface area is 67.2 Å². The molecule has 0 aromatic rings. The number of carbonyl (C=O) groups is 1. The molecule has 0 fully saturated rings. The van der Waals surface area contributed by atoms with Crippen LogP contribution < -0.4 is 0 Å². The average Bonchev–Trinajstić information content (AvgIpc) is 2.03. The van der Waals surface area contributed by atoms with E-state index in [0.29, 0.717) is 0 Å². The van der Waals surface area contributed by atoms with Crippen LogP contribution in [0.5, 0.6) is 0 Å². The Hall–Kier alpha value is -1.04. The number of ether oxygens (including phenoxy) is 1. The van der Waals surface area contributed by atoms with Gasteiger partial charge in [-0.25, -0.2) is 6.57 Å². The fraction of sp³-hybridized carbons (Fsp3) is 0.750. The Balaban J connectivity index is 3.70. The number of esters is 1. The molecule has 0 N–H and O–H groups in total. The Morgan fingerprint density at radius 2 is 2.36 bits per heavy atom. The second kappa shape index (κ2) is 5.72. The highest BCUT2D eigenvalue weighted by molar-refractivity contribution is 5.70. The molecule has 0 spiro atoms. The van der Waals surface area contributed by atoms with Gasteiger partial charge in [0.2, 0.25) is 6.04 Å². The van der Waals surface area contributed by atoms with Gasteiger partial charge in [0.1, 0.15) is 6.42 Å². The lowest BCUT2D eigenvalue weighted by atomic mass is 10.1. The van der Waals surface area contributed by atoms with Crippen molar-refractivity contribution in [2.75, 3.05) is 7.11 Å². The van der Waals surface area contributed by atoms with Crippen LogP contribution in [0, 0.1) is 6.57 Å². The van der Waals surface area contributed by atoms with Crippen molar-refractivity contribution in [1.82, 2.24) is 0 Å². The number of hydrogen-bond acceptors (Lipinski definition) is 2. The molecule has 0 bridgehead atoms. The molecule has 0 saturated carbocycles. The molecule has 0 heterocycles. The Bertz CT molecular complexity index is 160. The number of carbonyl (C=O) groups excluding carboxylic acids is 1. The van der Waals surface area contributed by atoms with E-state index in [2.05, 4.69) is 9.58 Å². The minimum absolute atomic E-state index is 0.188. The van der Waals surface area contributed by atoms with Crippen LogP contribution in [0.25, 0.3) is 4.85 Å². The number of rotatable bonds is 4. The first kappa shape index (κ1) is 9.96. The average molecular weight is 155 g/mol. The zero-order valence-corrected chi connectivity index (χ0v) is 6.96. The van der Waals surface area contributed by atoms with Gasteiger partial charge in [0, 0.05) is 6.42 Å². The number of methoxy groups -OCH3 is 1. The van der Waals surface area contributed by atoms with Crippen molar-refractivity contribution in [2.24, 2.45) is 0 Å². The summed E-state index contributed by atoms with van der Waals surface area (Å²) in [6.07, 6.45) is 1.94. The van der Waals surface area contributed by atoms with Gasteiger partial charge in [-0.15, -0.1) is 0 Å². The Morgan fingerprint density at radius 3 is 2.73 bits per heavy atom. The van der Waals surface area contributed by atoms with Crippen molar-refractivity contribution in [3.8, 4) is 0 Å². The standard InChI is InChI=1S/C8H13NO2/c1-4-5-7(9-2)6-8(10)11-3/h7H,4-6H2,1,3H3. The summed E-state index contributed by atoms with van der Waals surface area (Å²) in [6.45, 7) is 8.74. The largest absolute Gasteiger partial charge is 0.469 e. The van der Waals surface area contributed by atoms with Crippen molar-refractivity contribution < 1.29 is 9.53 Å². The first-order chi connectivity index (χ1) is 5.24. The monoisotopic (exact) mass is 155 g/mol. The van der Waals surface area contributed by atoms with E-state index in [1.807, 2.05) is 6.92 Å². The van der Waals surface area contributed by atoms with Gasteiger partial charge in [0.25, 0.3) is 0 Å². The fourth-order valence-electron chi connectivity index (χ4n) is 0.821. The van der Waals surface area contributed by atoms with E-state index in [4.69, 9.17) is 6.57 Å². The van der Waals surface area contributed by atoms with E-state index in [1.54, 1.807) is 0 Å². The highest BCUT2D eigenvalue weighted by Gasteiger charge is 2.16. The topological polar surface area (TPSA) is 30.7 Å². The number of hydrogen-bond donors (Lipinski definition) is 0. The predicted molar refractivity (Wildman–Crippen MR) is 41.9 cm³/mol. The third-order valence-corrected chi connectivity index (χ3v) is 1.43. The molecular formula is C8H13NO2. The van der Waals surface area contributed by atoms with Gasteiger partial charge < -0.3 is 9.58 Å². The fourth-order valence-corrected chi connectivity index (χ4v) is 0.821. The lowest BCUT2D eigenvalue weighted by Crippen LogP contribution is -2.11. The van der Waals surface area contributed by atoms with Crippen LogP contribution in [0.1, 0.15) is 26.2 Å². The van der Waals surface area contributed by atoms with Crippen molar-refractivity contribution >= 4 is 5.97 Å². The number of nitrogens with zero attached hydrogens (tertiary/aromatic N) is 1. The molecule has 0 aliphatic rings. The van der Waals surface area contributed by atoms with Crippen LogP contribution in [-0.4, -0.2) is 19.1 Å². The van der Waals surface area contributed by atoms with E-state index < -0.39 is 0 Å². The smallest absolute Gasteiger partial charge is 0.313 e. The first-order valence-electron chi connectivity index (χ1n) is 3.68. The molecule has 0 aliphatic heterocycles. The predicted octanol–water partition coefficient (Wildman–Crippen LogP) is 1.64. The highest BCUT2D eigenvalue weighted by atomic mass is 16.5. The van der Waals surface area contributed by atoms with Crippen molar-refractivity contribution in [1.29, 1.82) is 0 Å². The Kier molecular flexibility index (Phi) is 5.18. The van der Waals surface area contributed by atoms with E-state index in [0.717, 1.165) is 12.8 Å². The molecule has 3 nitrogen and oxygen atoms in total. The van der Waals surface area contributed by atoms with Crippen LogP contribution in [0.15, 0.2) is 0 Å². The van der Waals surface area contributed by atoms with E-state index >= 15 is 0 Å². The maximum Gasteiger partial charge on any atom is 0.313 e. The zero-order valence-electron chi connectivity index (χ0n) is 6.96. The molecule has 0 radical (unpaired) electrons. The normalized spacial score (nSPS) is 11.7. The molecule has 0 saturated heterocycles. The lowest BCUT2D eigenvalue weighted by molar-refractivity contribution is -0.140. The highest BCUT2D eigenvalue weighted by Crippen LogP contribution is 2.06. The van der Waals surface area contributed by atoms with Gasteiger partial charge in [-0.1, -0.05) is 6.92 Å². The van der Waals surface area contributed by atoms with E-state index in [1.165, 1.54) is 7.11 Å². The van der Waals surface area contributed by atoms with E-state index in [-0.39, 0.29) is 18.4 Å². The second-order valence-corrected chi connectivity index (χ2v) is 2.35. The molecular weight excluding hydrogens is 142 g/mol. The van der Waals surface area contributed by atoms with Crippen LogP contribution >= 0.6 is 0 Å². The van der Waals surface area contributed by atoms with Gasteiger partial charge in [-0.3, -0.25) is 4.79 Å². The van der Waals surface area contributed by atoms with Gasteiger partial charge in [0.15, 0.2) is 0 Å². The van der Waals surface area contributed by atoms with Gasteiger partial charge >= 0.3 is 5.97 Å². The molecule has 1 unspecified atom stereocenters. The summed E-state index contributed by atoms with van der Waals surface area (Å²) in [7, 11) is 1.34. The van der Waals surface area contributed by atoms with Crippen LogP contribution in [-0.2, 0) is 9.53 Å². The lowest BCUT2D eigenvalue weighted by Gasteiger charge is -2.01. The molecule has 0 aliphatic carbocycles. The summed E-state index contributed by atoms with van der Waals surface area (Å²) in [6, 6.07) is -0.188. The van der Waals surface area contributed by atoms with Crippen molar-refractivity contribution in [3.63, 3.8) is 0 Å². The van der Waals surface area contributed by atoms with Crippen LogP contribution in [0.2, 0.25) is 0 Å². The summed E-state index contributed by atoms with van der Waals surface area (Å²) < 4.78 is 4.45. The molecule has 11 heavy (non-hydrogen) atoms. The molecule has 0 aromatic carbocycles. The summed E-state index contributed by atoms with van der Waals surface area (Å²) in [5.74, 6) is -0.292. The van der Waals surface area contributed by atoms with Gasteiger partial charge in [-0.2, -0.15) is 0 Å². The van der Waals surface area contributed by atoms with Gasteiger partial charge in [0.05, 0.1) is 7.11 Å². The van der Waals surface area contributed by atoms with Crippen molar-refractivity contribution in [3.05, 3.63) is 11.4 Å². The quantitative estimate of drug-likeness (QED) is 0.456. The molecule has 0 aromatic heterocycles. The van der Waals surface area contributed by atoms with E-state index in [9.17, 15) is 4.79 Å². The summed E-state index contributed by atoms with van der Waals surface area (Å²) in [5.41, 5.74) is 0. The third kappa shape index (κ3) is 4.38. The summed E-state index contributed by atoms with van der Waals surface area (Å²) >= 11 is 0. The molecule has 0 amide bonds. The minimum atomic E-state index is -0.292. The Morgan fingerprint density at radius 1 is 1.73 bits per heavy atom. The molecule has 1 atom stereocenters. The molecule has 0 rings (SSSR count). The third-order valence-electron chi connectivity index (χ3n) is 1.43. The van der Waals surface area contributed by atoms with Crippen LogP contribution in [0.4, 0.5) is 0 Å². The summed E-state index contributed by atoms with van der Waals surface area (Å²) in [4.78, 5) is 14.0. The first-order valence-corrected chi connectivity index (χ1v) is 3.68. The molecule has 62 valence electrons. The SMILES string of the molecule is [C-]#[N+]C(CCC)CC(=O)OC. The minimum Gasteiger partial charge on any atom is -0.469 e. The summed E-state index contributed by atoms with van der Waals surface area (Å²) in [5, 5.41) is 0. The second-order valence-electron chi connectivity index (χ2n) is 2.35. The maximum atomic E-state index is 10.7. The zero-order chi connectivity index (χ0) is 8.69. The maximum absolute atomic E-state index is 10.7.